The third kappa shape index (κ3) is 3.00. The van der Waals surface area contributed by atoms with Gasteiger partial charge in [0.15, 0.2) is 0 Å². The molecule has 2 heteroatoms. The molecule has 0 aromatic carbocycles. The van der Waals surface area contributed by atoms with Crippen LogP contribution >= 0.6 is 0 Å². The van der Waals surface area contributed by atoms with Gasteiger partial charge >= 0.3 is 0 Å². The Bertz CT molecular complexity index is 173. The summed E-state index contributed by atoms with van der Waals surface area (Å²) in [6.07, 6.45) is 7.85. The molecule has 0 heterocycles. The van der Waals surface area contributed by atoms with E-state index >= 15 is 0 Å². The van der Waals surface area contributed by atoms with Gasteiger partial charge in [-0.25, -0.2) is 0 Å². The second-order valence-electron chi connectivity index (χ2n) is 4.29. The van der Waals surface area contributed by atoms with Gasteiger partial charge < -0.3 is 0 Å². The first-order valence-corrected chi connectivity index (χ1v) is 5.31. The lowest BCUT2D eigenvalue weighted by molar-refractivity contribution is 0.242. The molecule has 1 aliphatic rings. The van der Waals surface area contributed by atoms with Gasteiger partial charge in [-0.15, -0.1) is 0 Å². The molecule has 0 N–H and O–H groups in total. The molecule has 13 heavy (non-hydrogen) atoms. The highest BCUT2D eigenvalue weighted by molar-refractivity contribution is 4.95. The topological polar surface area (TPSA) is 27.0 Å². The zero-order valence-corrected chi connectivity index (χ0v) is 8.79. The maximum atomic E-state index is 9.05. The van der Waals surface area contributed by atoms with E-state index in [0.717, 1.165) is 0 Å². The van der Waals surface area contributed by atoms with E-state index in [-0.39, 0.29) is 6.04 Å². The number of hydrogen-bond acceptors (Lipinski definition) is 2. The van der Waals surface area contributed by atoms with E-state index in [2.05, 4.69) is 11.0 Å². The molecule has 1 unspecified atom stereocenters. The van der Waals surface area contributed by atoms with E-state index in [4.69, 9.17) is 5.26 Å². The predicted molar refractivity (Wildman–Crippen MR) is 54.3 cm³/mol. The molecular weight excluding hydrogens is 160 g/mol. The Morgan fingerprint density at radius 1 is 1.15 bits per heavy atom. The fraction of sp³-hybridized carbons (Fsp3) is 0.909. The van der Waals surface area contributed by atoms with E-state index in [1.54, 1.807) is 0 Å². The highest BCUT2D eigenvalue weighted by Gasteiger charge is 2.23. The Labute approximate surface area is 81.5 Å². The largest absolute Gasteiger partial charge is 0.294 e. The predicted octanol–water partition coefficient (Wildman–Crippen LogP) is 2.41. The van der Waals surface area contributed by atoms with Crippen LogP contribution in [0.2, 0.25) is 0 Å². The van der Waals surface area contributed by atoms with Gasteiger partial charge in [-0.3, -0.25) is 4.90 Å². The molecule has 1 fully saturated rings. The molecule has 1 aliphatic carbocycles. The van der Waals surface area contributed by atoms with Crippen molar-refractivity contribution in [3.05, 3.63) is 0 Å². The smallest absolute Gasteiger partial charge is 0.100 e. The van der Waals surface area contributed by atoms with Crippen LogP contribution in [0.3, 0.4) is 0 Å². The Morgan fingerprint density at radius 3 is 2.08 bits per heavy atom. The molecule has 74 valence electrons. The molecule has 0 spiro atoms. The molecule has 2 nitrogen and oxygen atoms in total. The molecule has 1 saturated carbocycles. The SMILES string of the molecule is CN(C)C(C#N)C1CCCCCC1. The van der Waals surface area contributed by atoms with Crippen LogP contribution in [0, 0.1) is 17.2 Å². The quantitative estimate of drug-likeness (QED) is 0.610. The number of rotatable bonds is 2. The minimum absolute atomic E-state index is 0.137. The minimum atomic E-state index is 0.137. The summed E-state index contributed by atoms with van der Waals surface area (Å²) in [6, 6.07) is 2.56. The van der Waals surface area contributed by atoms with Crippen LogP contribution in [-0.2, 0) is 0 Å². The average molecular weight is 180 g/mol. The molecule has 0 aromatic heterocycles. The fourth-order valence-corrected chi connectivity index (χ4v) is 2.27. The first kappa shape index (κ1) is 10.5. The number of hydrogen-bond donors (Lipinski definition) is 0. The second kappa shape index (κ2) is 5.24. The van der Waals surface area contributed by atoms with Crippen molar-refractivity contribution in [1.82, 2.24) is 4.90 Å². The average Bonchev–Trinajstić information content (AvgIpc) is 2.33. The van der Waals surface area contributed by atoms with Gasteiger partial charge in [0.05, 0.1) is 6.07 Å². The number of nitriles is 1. The Kier molecular flexibility index (Phi) is 4.24. The summed E-state index contributed by atoms with van der Waals surface area (Å²) in [5.41, 5.74) is 0. The van der Waals surface area contributed by atoms with E-state index in [1.165, 1.54) is 38.5 Å². The van der Waals surface area contributed by atoms with E-state index in [9.17, 15) is 0 Å². The van der Waals surface area contributed by atoms with E-state index < -0.39 is 0 Å². The van der Waals surface area contributed by atoms with Crippen LogP contribution in [0.15, 0.2) is 0 Å². The Morgan fingerprint density at radius 2 is 1.69 bits per heavy atom. The van der Waals surface area contributed by atoms with Crippen molar-refractivity contribution >= 4 is 0 Å². The van der Waals surface area contributed by atoms with Crippen LogP contribution < -0.4 is 0 Å². The highest BCUT2D eigenvalue weighted by atomic mass is 15.1. The third-order valence-electron chi connectivity index (χ3n) is 3.03. The highest BCUT2D eigenvalue weighted by Crippen LogP contribution is 2.26. The van der Waals surface area contributed by atoms with Crippen LogP contribution in [0.5, 0.6) is 0 Å². The van der Waals surface area contributed by atoms with Crippen LogP contribution in [0.1, 0.15) is 38.5 Å². The summed E-state index contributed by atoms with van der Waals surface area (Å²) in [5, 5.41) is 9.05. The molecule has 1 rings (SSSR count). The van der Waals surface area contributed by atoms with Crippen LogP contribution in [0.25, 0.3) is 0 Å². The number of nitrogens with zero attached hydrogens (tertiary/aromatic N) is 2. The molecule has 0 radical (unpaired) electrons. The summed E-state index contributed by atoms with van der Waals surface area (Å²) in [7, 11) is 4.03. The standard InChI is InChI=1S/C11H20N2/c1-13(2)11(9-12)10-7-5-3-4-6-8-10/h10-11H,3-8H2,1-2H3. The lowest BCUT2D eigenvalue weighted by atomic mass is 9.92. The lowest BCUT2D eigenvalue weighted by Gasteiger charge is -2.25. The summed E-state index contributed by atoms with van der Waals surface area (Å²) >= 11 is 0. The van der Waals surface area contributed by atoms with Crippen LogP contribution in [-0.4, -0.2) is 25.0 Å². The van der Waals surface area contributed by atoms with Crippen molar-refractivity contribution in [2.24, 2.45) is 5.92 Å². The Hall–Kier alpha value is -0.550. The van der Waals surface area contributed by atoms with Crippen molar-refractivity contribution in [2.45, 2.75) is 44.6 Å². The van der Waals surface area contributed by atoms with Gasteiger partial charge in [0.25, 0.3) is 0 Å². The van der Waals surface area contributed by atoms with Gasteiger partial charge in [0.2, 0.25) is 0 Å². The maximum absolute atomic E-state index is 9.05. The third-order valence-corrected chi connectivity index (χ3v) is 3.03. The molecule has 0 amide bonds. The minimum Gasteiger partial charge on any atom is -0.294 e. The van der Waals surface area contributed by atoms with Gasteiger partial charge in [-0.1, -0.05) is 25.7 Å². The van der Waals surface area contributed by atoms with Gasteiger partial charge in [-0.05, 0) is 32.9 Å². The van der Waals surface area contributed by atoms with Crippen LogP contribution in [0.4, 0.5) is 0 Å². The summed E-state index contributed by atoms with van der Waals surface area (Å²) < 4.78 is 0. The maximum Gasteiger partial charge on any atom is 0.100 e. The zero-order chi connectivity index (χ0) is 9.68. The summed E-state index contributed by atoms with van der Waals surface area (Å²) in [4.78, 5) is 2.07. The van der Waals surface area contributed by atoms with Crippen molar-refractivity contribution in [3.63, 3.8) is 0 Å². The van der Waals surface area contributed by atoms with E-state index in [1.807, 2.05) is 14.1 Å². The summed E-state index contributed by atoms with van der Waals surface area (Å²) in [5.74, 6) is 0.613. The van der Waals surface area contributed by atoms with Gasteiger partial charge in [0, 0.05) is 0 Å². The monoisotopic (exact) mass is 180 g/mol. The first-order valence-electron chi connectivity index (χ1n) is 5.31. The van der Waals surface area contributed by atoms with Gasteiger partial charge in [-0.2, -0.15) is 5.26 Å². The zero-order valence-electron chi connectivity index (χ0n) is 8.79. The molecule has 1 atom stereocenters. The fourth-order valence-electron chi connectivity index (χ4n) is 2.27. The molecule has 0 bridgehead atoms. The van der Waals surface area contributed by atoms with E-state index in [0.29, 0.717) is 5.92 Å². The first-order chi connectivity index (χ1) is 6.25. The van der Waals surface area contributed by atoms with Crippen molar-refractivity contribution in [2.75, 3.05) is 14.1 Å². The van der Waals surface area contributed by atoms with Crippen molar-refractivity contribution < 1.29 is 0 Å². The molecular formula is C11H20N2. The second-order valence-corrected chi connectivity index (χ2v) is 4.29. The molecule has 0 aromatic rings. The Balaban J connectivity index is 2.51. The van der Waals surface area contributed by atoms with Gasteiger partial charge in [0.1, 0.15) is 6.04 Å². The molecule has 0 saturated heterocycles. The summed E-state index contributed by atoms with van der Waals surface area (Å²) in [6.45, 7) is 0. The lowest BCUT2D eigenvalue weighted by Crippen LogP contribution is -2.33. The normalized spacial score (nSPS) is 22.3. The molecule has 0 aliphatic heterocycles. The van der Waals surface area contributed by atoms with Crippen molar-refractivity contribution in [1.29, 1.82) is 5.26 Å². The van der Waals surface area contributed by atoms with Crippen molar-refractivity contribution in [3.8, 4) is 6.07 Å².